The zero-order valence-corrected chi connectivity index (χ0v) is 16.5. The number of hydrogen-bond acceptors (Lipinski definition) is 9. The van der Waals surface area contributed by atoms with Crippen LogP contribution in [0.4, 0.5) is 11.6 Å². The van der Waals surface area contributed by atoms with Crippen molar-refractivity contribution < 1.29 is 13.5 Å². The van der Waals surface area contributed by atoms with Crippen LogP contribution < -0.4 is 9.80 Å². The highest BCUT2D eigenvalue weighted by atomic mass is 32.2. The third-order valence-electron chi connectivity index (χ3n) is 4.48. The SMILES string of the molecule is CC1CN(c2ccnc(S(C)(=O)=O)n2)CC(C)N1c1ccnc(CCO)n1. The first kappa shape index (κ1) is 19.4. The fourth-order valence-electron chi connectivity index (χ4n) is 3.40. The number of aromatic nitrogens is 4. The molecule has 146 valence electrons. The van der Waals surface area contributed by atoms with E-state index in [4.69, 9.17) is 5.11 Å². The molecular formula is C17H24N6O3S. The Labute approximate surface area is 159 Å². The molecule has 0 spiro atoms. The van der Waals surface area contributed by atoms with Gasteiger partial charge in [0, 0.05) is 50.2 Å². The summed E-state index contributed by atoms with van der Waals surface area (Å²) < 4.78 is 23.5. The Bertz CT molecular complexity index is 895. The number of nitrogens with zero attached hydrogens (tertiary/aromatic N) is 6. The number of rotatable bonds is 5. The molecule has 0 aliphatic carbocycles. The van der Waals surface area contributed by atoms with Gasteiger partial charge in [0.2, 0.25) is 15.0 Å². The van der Waals surface area contributed by atoms with Crippen LogP contribution in [0.1, 0.15) is 19.7 Å². The van der Waals surface area contributed by atoms with Gasteiger partial charge in [0.15, 0.2) is 0 Å². The second kappa shape index (κ2) is 7.73. The number of hydrogen-bond donors (Lipinski definition) is 1. The van der Waals surface area contributed by atoms with Gasteiger partial charge in [-0.05, 0) is 26.0 Å². The van der Waals surface area contributed by atoms with Crippen LogP contribution in [0.2, 0.25) is 0 Å². The van der Waals surface area contributed by atoms with E-state index >= 15 is 0 Å². The summed E-state index contributed by atoms with van der Waals surface area (Å²) in [6.07, 6.45) is 4.72. The van der Waals surface area contributed by atoms with E-state index < -0.39 is 9.84 Å². The maximum atomic E-state index is 11.7. The lowest BCUT2D eigenvalue weighted by Gasteiger charge is -2.45. The van der Waals surface area contributed by atoms with Crippen molar-refractivity contribution in [2.75, 3.05) is 35.8 Å². The van der Waals surface area contributed by atoms with Crippen LogP contribution >= 0.6 is 0 Å². The first-order valence-corrected chi connectivity index (χ1v) is 10.7. The predicted molar refractivity (Wildman–Crippen MR) is 102 cm³/mol. The molecule has 9 nitrogen and oxygen atoms in total. The van der Waals surface area contributed by atoms with Gasteiger partial charge >= 0.3 is 0 Å². The topological polar surface area (TPSA) is 112 Å². The minimum atomic E-state index is -3.45. The monoisotopic (exact) mass is 392 g/mol. The number of piperazine rings is 1. The van der Waals surface area contributed by atoms with Gasteiger partial charge in [0.25, 0.3) is 0 Å². The molecule has 0 bridgehead atoms. The van der Waals surface area contributed by atoms with Crippen molar-refractivity contribution in [2.45, 2.75) is 37.5 Å². The zero-order valence-electron chi connectivity index (χ0n) is 15.6. The van der Waals surface area contributed by atoms with E-state index in [-0.39, 0.29) is 23.8 Å². The van der Waals surface area contributed by atoms with Crippen molar-refractivity contribution in [3.63, 3.8) is 0 Å². The number of aliphatic hydroxyl groups is 1. The molecule has 10 heteroatoms. The maximum absolute atomic E-state index is 11.7. The summed E-state index contributed by atoms with van der Waals surface area (Å²) >= 11 is 0. The van der Waals surface area contributed by atoms with E-state index in [1.54, 1.807) is 12.3 Å². The molecule has 0 radical (unpaired) electrons. The van der Waals surface area contributed by atoms with Crippen molar-refractivity contribution in [2.24, 2.45) is 0 Å². The van der Waals surface area contributed by atoms with Crippen molar-refractivity contribution in [1.29, 1.82) is 0 Å². The van der Waals surface area contributed by atoms with Crippen LogP contribution in [0.15, 0.2) is 29.7 Å². The summed E-state index contributed by atoms with van der Waals surface area (Å²) in [6.45, 7) is 5.54. The van der Waals surface area contributed by atoms with Crippen molar-refractivity contribution in [3.05, 3.63) is 30.4 Å². The van der Waals surface area contributed by atoms with Crippen molar-refractivity contribution >= 4 is 21.5 Å². The number of anilines is 2. The molecular weight excluding hydrogens is 368 g/mol. The number of aliphatic hydroxyl groups excluding tert-OH is 1. The highest BCUT2D eigenvalue weighted by molar-refractivity contribution is 7.90. The van der Waals surface area contributed by atoms with E-state index in [2.05, 4.69) is 43.6 Å². The second-order valence-electron chi connectivity index (χ2n) is 6.78. The molecule has 2 aromatic heterocycles. The Hall–Kier alpha value is -2.33. The maximum Gasteiger partial charge on any atom is 0.248 e. The molecule has 1 saturated heterocycles. The lowest BCUT2D eigenvalue weighted by Crippen LogP contribution is -2.57. The molecule has 1 aliphatic rings. The molecule has 0 amide bonds. The Balaban J connectivity index is 1.82. The summed E-state index contributed by atoms with van der Waals surface area (Å²) in [4.78, 5) is 21.1. The molecule has 27 heavy (non-hydrogen) atoms. The molecule has 1 N–H and O–H groups in total. The van der Waals surface area contributed by atoms with Crippen molar-refractivity contribution in [1.82, 2.24) is 19.9 Å². The molecule has 2 aromatic rings. The van der Waals surface area contributed by atoms with E-state index in [9.17, 15) is 8.42 Å². The standard InChI is InChI=1S/C17H24N6O3S/c1-12-10-22(15-4-8-19-17(21-15)27(3,25)26)11-13(2)23(12)16-5-7-18-14(20-16)6-9-24/h4-5,7-8,12-13,24H,6,9-11H2,1-3H3. The molecule has 2 atom stereocenters. The normalized spacial score (nSPS) is 20.7. The Kier molecular flexibility index (Phi) is 5.56. The summed E-state index contributed by atoms with van der Waals surface area (Å²) in [6, 6.07) is 3.86. The summed E-state index contributed by atoms with van der Waals surface area (Å²) in [5, 5.41) is 8.95. The van der Waals surface area contributed by atoms with E-state index in [0.29, 0.717) is 31.2 Å². The minimum absolute atomic E-state index is 0.0126. The van der Waals surface area contributed by atoms with Gasteiger partial charge in [0.1, 0.15) is 17.5 Å². The third-order valence-corrected chi connectivity index (χ3v) is 5.34. The zero-order chi connectivity index (χ0) is 19.6. The van der Waals surface area contributed by atoms with Crippen LogP contribution in [0.25, 0.3) is 0 Å². The Morgan fingerprint density at radius 2 is 1.70 bits per heavy atom. The Morgan fingerprint density at radius 3 is 2.33 bits per heavy atom. The Morgan fingerprint density at radius 1 is 1.07 bits per heavy atom. The van der Waals surface area contributed by atoms with E-state index in [1.807, 2.05) is 6.07 Å². The van der Waals surface area contributed by atoms with Crippen LogP contribution in [0.5, 0.6) is 0 Å². The molecule has 3 heterocycles. The van der Waals surface area contributed by atoms with E-state index in [0.717, 1.165) is 12.1 Å². The van der Waals surface area contributed by atoms with Crippen molar-refractivity contribution in [3.8, 4) is 0 Å². The molecule has 2 unspecified atom stereocenters. The average Bonchev–Trinajstić information content (AvgIpc) is 2.61. The van der Waals surface area contributed by atoms with Gasteiger partial charge in [-0.1, -0.05) is 0 Å². The average molecular weight is 392 g/mol. The molecule has 0 saturated carbocycles. The van der Waals surface area contributed by atoms with Crippen LogP contribution in [0, 0.1) is 0 Å². The fraction of sp³-hybridized carbons (Fsp3) is 0.529. The van der Waals surface area contributed by atoms with Gasteiger partial charge < -0.3 is 14.9 Å². The summed E-state index contributed by atoms with van der Waals surface area (Å²) in [5.41, 5.74) is 0. The van der Waals surface area contributed by atoms with Gasteiger partial charge in [-0.25, -0.2) is 28.4 Å². The van der Waals surface area contributed by atoms with Crippen LogP contribution in [-0.4, -0.2) is 71.5 Å². The summed E-state index contributed by atoms with van der Waals surface area (Å²) in [5.74, 6) is 2.05. The van der Waals surface area contributed by atoms with Gasteiger partial charge in [-0.2, -0.15) is 0 Å². The minimum Gasteiger partial charge on any atom is -0.396 e. The highest BCUT2D eigenvalue weighted by Gasteiger charge is 2.31. The quantitative estimate of drug-likeness (QED) is 0.718. The third kappa shape index (κ3) is 4.33. The van der Waals surface area contributed by atoms with Gasteiger partial charge in [0.05, 0.1) is 6.61 Å². The largest absolute Gasteiger partial charge is 0.396 e. The fourth-order valence-corrected chi connectivity index (χ4v) is 3.91. The smallest absolute Gasteiger partial charge is 0.248 e. The van der Waals surface area contributed by atoms with Crippen LogP contribution in [-0.2, 0) is 16.3 Å². The lowest BCUT2D eigenvalue weighted by molar-refractivity contribution is 0.296. The highest BCUT2D eigenvalue weighted by Crippen LogP contribution is 2.25. The molecule has 1 fully saturated rings. The van der Waals surface area contributed by atoms with Gasteiger partial charge in [-0.15, -0.1) is 0 Å². The first-order chi connectivity index (χ1) is 12.8. The summed E-state index contributed by atoms with van der Waals surface area (Å²) in [7, 11) is -3.45. The van der Waals surface area contributed by atoms with Gasteiger partial charge in [-0.3, -0.25) is 0 Å². The predicted octanol–water partition coefficient (Wildman–Crippen LogP) is 0.308. The number of sulfone groups is 1. The lowest BCUT2D eigenvalue weighted by atomic mass is 10.1. The molecule has 0 aromatic carbocycles. The first-order valence-electron chi connectivity index (χ1n) is 8.78. The molecule has 3 rings (SSSR count). The second-order valence-corrected chi connectivity index (χ2v) is 8.69. The van der Waals surface area contributed by atoms with E-state index in [1.165, 1.54) is 6.20 Å². The van der Waals surface area contributed by atoms with Crippen LogP contribution in [0.3, 0.4) is 0 Å². The molecule has 1 aliphatic heterocycles.